The molecule has 2 rings (SSSR count). The molecule has 0 aromatic heterocycles. The van der Waals surface area contributed by atoms with Crippen molar-refractivity contribution in [1.29, 1.82) is 0 Å². The average molecular weight is 345 g/mol. The van der Waals surface area contributed by atoms with Gasteiger partial charge in [-0.1, -0.05) is 12.1 Å². The Hall–Kier alpha value is -2.89. The number of carbonyl (C=O) groups excluding carboxylic acids is 1. The summed E-state index contributed by atoms with van der Waals surface area (Å²) in [5.41, 5.74) is 1.30. The normalized spacial score (nSPS) is 11.6. The molecule has 25 heavy (non-hydrogen) atoms. The van der Waals surface area contributed by atoms with Gasteiger partial charge in [-0.3, -0.25) is 9.59 Å². The molecule has 2 aromatic carbocycles. The van der Waals surface area contributed by atoms with Crippen molar-refractivity contribution in [2.24, 2.45) is 0 Å². The maximum absolute atomic E-state index is 12.8. The summed E-state index contributed by atoms with van der Waals surface area (Å²) < 4.78 is 18.2. The first-order valence-corrected chi connectivity index (χ1v) is 7.96. The number of benzene rings is 2. The van der Waals surface area contributed by atoms with Gasteiger partial charge in [0, 0.05) is 12.1 Å². The Morgan fingerprint density at radius 2 is 1.76 bits per heavy atom. The number of aliphatic carboxylic acids is 1. The number of carboxylic acids is 1. The fourth-order valence-corrected chi connectivity index (χ4v) is 2.17. The second-order valence-corrected chi connectivity index (χ2v) is 5.64. The van der Waals surface area contributed by atoms with Gasteiger partial charge < -0.3 is 15.2 Å². The summed E-state index contributed by atoms with van der Waals surface area (Å²) in [6, 6.07) is 12.4. The Labute approximate surface area is 145 Å². The van der Waals surface area contributed by atoms with Crippen LogP contribution in [-0.4, -0.2) is 23.6 Å². The van der Waals surface area contributed by atoms with Crippen LogP contribution in [0.1, 0.15) is 31.2 Å². The van der Waals surface area contributed by atoms with Gasteiger partial charge in [-0.05, 0) is 55.3 Å². The number of halogens is 1. The molecule has 6 heteroatoms. The molecule has 0 heterocycles. The quantitative estimate of drug-likeness (QED) is 0.713. The molecule has 1 atom stereocenters. The first-order valence-electron chi connectivity index (χ1n) is 7.96. The summed E-state index contributed by atoms with van der Waals surface area (Å²) in [5, 5.41) is 11.7. The minimum absolute atomic E-state index is 0.151. The van der Waals surface area contributed by atoms with Crippen LogP contribution >= 0.6 is 0 Å². The fraction of sp³-hybridized carbons (Fsp3) is 0.263. The number of carboxylic acid groups (broad SMARTS) is 1. The van der Waals surface area contributed by atoms with Gasteiger partial charge in [0.25, 0.3) is 0 Å². The van der Waals surface area contributed by atoms with Crippen molar-refractivity contribution >= 4 is 17.6 Å². The fourth-order valence-electron chi connectivity index (χ4n) is 2.17. The van der Waals surface area contributed by atoms with E-state index in [-0.39, 0.29) is 18.1 Å². The Balaban J connectivity index is 1.72. The zero-order valence-corrected chi connectivity index (χ0v) is 13.9. The lowest BCUT2D eigenvalue weighted by atomic mass is 10.0. The first kappa shape index (κ1) is 18.4. The summed E-state index contributed by atoms with van der Waals surface area (Å²) in [5.74, 6) is -1.39. The molecule has 0 aliphatic rings. The number of hydrogen-bond donors (Lipinski definition) is 2. The Morgan fingerprint density at radius 1 is 1.12 bits per heavy atom. The number of ether oxygens (including phenoxy) is 1. The maximum Gasteiger partial charge on any atom is 0.310 e. The smallest absolute Gasteiger partial charge is 0.310 e. The van der Waals surface area contributed by atoms with Crippen molar-refractivity contribution < 1.29 is 23.8 Å². The van der Waals surface area contributed by atoms with E-state index in [0.29, 0.717) is 30.0 Å². The van der Waals surface area contributed by atoms with E-state index in [9.17, 15) is 14.0 Å². The van der Waals surface area contributed by atoms with Crippen molar-refractivity contribution in [2.75, 3.05) is 11.9 Å². The predicted octanol–water partition coefficient (Wildman–Crippen LogP) is 3.81. The number of carbonyl (C=O) groups is 2. The van der Waals surface area contributed by atoms with Crippen LogP contribution < -0.4 is 10.1 Å². The molecule has 0 spiro atoms. The van der Waals surface area contributed by atoms with E-state index in [2.05, 4.69) is 5.32 Å². The van der Waals surface area contributed by atoms with Crippen molar-refractivity contribution in [3.8, 4) is 5.75 Å². The third kappa shape index (κ3) is 5.91. The van der Waals surface area contributed by atoms with E-state index in [0.717, 1.165) is 0 Å². The van der Waals surface area contributed by atoms with Crippen LogP contribution in [0.2, 0.25) is 0 Å². The summed E-state index contributed by atoms with van der Waals surface area (Å²) in [6.45, 7) is 1.96. The lowest BCUT2D eigenvalue weighted by Crippen LogP contribution is -2.13. The van der Waals surface area contributed by atoms with Gasteiger partial charge in [-0.25, -0.2) is 4.39 Å². The van der Waals surface area contributed by atoms with Gasteiger partial charge in [0.05, 0.1) is 12.5 Å². The largest absolute Gasteiger partial charge is 0.494 e. The molecule has 5 nitrogen and oxygen atoms in total. The molecule has 0 saturated heterocycles. The van der Waals surface area contributed by atoms with Gasteiger partial charge in [-0.15, -0.1) is 0 Å². The highest BCUT2D eigenvalue weighted by Gasteiger charge is 2.13. The van der Waals surface area contributed by atoms with E-state index in [1.807, 2.05) is 0 Å². The lowest BCUT2D eigenvalue weighted by Gasteiger charge is -2.09. The number of anilines is 1. The van der Waals surface area contributed by atoms with E-state index < -0.39 is 11.9 Å². The van der Waals surface area contributed by atoms with Crippen molar-refractivity contribution in [3.05, 3.63) is 59.9 Å². The van der Waals surface area contributed by atoms with Crippen molar-refractivity contribution in [2.45, 2.75) is 25.7 Å². The minimum atomic E-state index is -0.891. The average Bonchev–Trinajstić information content (AvgIpc) is 2.60. The Morgan fingerprint density at radius 3 is 2.36 bits per heavy atom. The second-order valence-electron chi connectivity index (χ2n) is 5.64. The highest BCUT2D eigenvalue weighted by molar-refractivity contribution is 5.90. The van der Waals surface area contributed by atoms with E-state index in [1.54, 1.807) is 31.2 Å². The molecule has 1 amide bonds. The summed E-state index contributed by atoms with van der Waals surface area (Å²) in [7, 11) is 0. The van der Waals surface area contributed by atoms with Gasteiger partial charge in [0.1, 0.15) is 11.6 Å². The molecule has 1 unspecified atom stereocenters. The van der Waals surface area contributed by atoms with E-state index in [1.165, 1.54) is 24.3 Å². The standard InChI is InChI=1S/C19H20FNO4/c1-13(19(23)24)14-4-8-16(9-5-14)21-18(22)3-2-12-25-17-10-6-15(20)7-11-17/h4-11,13H,2-3,12H2,1H3,(H,21,22)(H,23,24). The monoisotopic (exact) mass is 345 g/mol. The maximum atomic E-state index is 12.8. The molecule has 0 saturated carbocycles. The lowest BCUT2D eigenvalue weighted by molar-refractivity contribution is -0.138. The van der Waals surface area contributed by atoms with Gasteiger partial charge >= 0.3 is 5.97 Å². The molecular formula is C19H20FNO4. The van der Waals surface area contributed by atoms with Crippen LogP contribution in [0.5, 0.6) is 5.75 Å². The molecule has 0 fully saturated rings. The Bertz CT molecular complexity index is 713. The van der Waals surface area contributed by atoms with Crippen molar-refractivity contribution in [1.82, 2.24) is 0 Å². The highest BCUT2D eigenvalue weighted by atomic mass is 19.1. The van der Waals surface area contributed by atoms with Crippen LogP contribution in [0.25, 0.3) is 0 Å². The highest BCUT2D eigenvalue weighted by Crippen LogP contribution is 2.18. The number of amides is 1. The summed E-state index contributed by atoms with van der Waals surface area (Å²) >= 11 is 0. The summed E-state index contributed by atoms with van der Waals surface area (Å²) in [6.07, 6.45) is 0.811. The number of nitrogens with one attached hydrogen (secondary N) is 1. The van der Waals surface area contributed by atoms with Crippen LogP contribution in [0.15, 0.2) is 48.5 Å². The predicted molar refractivity (Wildman–Crippen MR) is 92.3 cm³/mol. The van der Waals surface area contributed by atoms with Gasteiger partial charge in [0.2, 0.25) is 5.91 Å². The van der Waals surface area contributed by atoms with Crippen molar-refractivity contribution in [3.63, 3.8) is 0 Å². The van der Waals surface area contributed by atoms with Crippen LogP contribution in [0, 0.1) is 5.82 Å². The molecule has 0 bridgehead atoms. The molecule has 2 aromatic rings. The van der Waals surface area contributed by atoms with E-state index in [4.69, 9.17) is 9.84 Å². The molecule has 132 valence electrons. The van der Waals surface area contributed by atoms with Crippen LogP contribution in [-0.2, 0) is 9.59 Å². The Kier molecular flexibility index (Phi) is 6.51. The topological polar surface area (TPSA) is 75.6 Å². The third-order valence-electron chi connectivity index (χ3n) is 3.70. The molecule has 0 aliphatic heterocycles. The van der Waals surface area contributed by atoms with Gasteiger partial charge in [0.15, 0.2) is 0 Å². The van der Waals surface area contributed by atoms with E-state index >= 15 is 0 Å². The van der Waals surface area contributed by atoms with Crippen LogP contribution in [0.4, 0.5) is 10.1 Å². The third-order valence-corrected chi connectivity index (χ3v) is 3.70. The number of rotatable bonds is 8. The zero-order chi connectivity index (χ0) is 18.2. The summed E-state index contributed by atoms with van der Waals surface area (Å²) in [4.78, 5) is 22.8. The first-order chi connectivity index (χ1) is 12.0. The SMILES string of the molecule is CC(C(=O)O)c1ccc(NC(=O)CCCOc2ccc(F)cc2)cc1. The molecule has 0 aliphatic carbocycles. The zero-order valence-electron chi connectivity index (χ0n) is 13.9. The van der Waals surface area contributed by atoms with Crippen LogP contribution in [0.3, 0.4) is 0 Å². The minimum Gasteiger partial charge on any atom is -0.494 e. The molecule has 0 radical (unpaired) electrons. The van der Waals surface area contributed by atoms with Gasteiger partial charge in [-0.2, -0.15) is 0 Å². The molecular weight excluding hydrogens is 325 g/mol. The second kappa shape index (κ2) is 8.82. The number of hydrogen-bond acceptors (Lipinski definition) is 3. The molecule has 2 N–H and O–H groups in total.